The lowest BCUT2D eigenvalue weighted by Gasteiger charge is -2.11. The van der Waals surface area contributed by atoms with Crippen molar-refractivity contribution in [2.75, 3.05) is 5.32 Å². The SMILES string of the molecule is O=C(Nc1cccc(C(=O)O)c1)/C(=C/c1ccc(F)cc1)NC(=O)c1ccco1. The topological polar surface area (TPSA) is 109 Å². The van der Waals surface area contributed by atoms with Gasteiger partial charge in [0.25, 0.3) is 11.8 Å². The van der Waals surface area contributed by atoms with Crippen LogP contribution in [0.4, 0.5) is 10.1 Å². The monoisotopic (exact) mass is 394 g/mol. The van der Waals surface area contributed by atoms with Gasteiger partial charge in [-0.05, 0) is 54.1 Å². The van der Waals surface area contributed by atoms with Crippen LogP contribution < -0.4 is 10.6 Å². The maximum Gasteiger partial charge on any atom is 0.335 e. The molecule has 0 unspecified atom stereocenters. The average molecular weight is 394 g/mol. The molecule has 3 N–H and O–H groups in total. The van der Waals surface area contributed by atoms with Gasteiger partial charge in [0.1, 0.15) is 11.5 Å². The number of carboxylic acids is 1. The third-order valence-electron chi connectivity index (χ3n) is 3.79. The molecule has 0 aliphatic heterocycles. The van der Waals surface area contributed by atoms with Crippen molar-refractivity contribution >= 4 is 29.5 Å². The van der Waals surface area contributed by atoms with Gasteiger partial charge in [-0.2, -0.15) is 0 Å². The predicted molar refractivity (Wildman–Crippen MR) is 103 cm³/mol. The second kappa shape index (κ2) is 8.66. The Morgan fingerprint density at radius 2 is 1.76 bits per heavy atom. The van der Waals surface area contributed by atoms with Gasteiger partial charge in [-0.3, -0.25) is 9.59 Å². The molecule has 8 heteroatoms. The van der Waals surface area contributed by atoms with E-state index in [-0.39, 0.29) is 22.7 Å². The standard InChI is InChI=1S/C21H15FN2O5/c22-15-8-6-13(7-9-15)11-17(24-20(26)18-5-2-10-29-18)19(25)23-16-4-1-3-14(12-16)21(27)28/h1-12H,(H,23,25)(H,24,26)(H,27,28)/b17-11-. The van der Waals surface area contributed by atoms with Crippen LogP contribution >= 0.6 is 0 Å². The molecule has 0 atom stereocenters. The van der Waals surface area contributed by atoms with Crippen molar-refractivity contribution in [3.05, 3.63) is 95.3 Å². The van der Waals surface area contributed by atoms with Gasteiger partial charge < -0.3 is 20.2 Å². The zero-order valence-corrected chi connectivity index (χ0v) is 14.9. The van der Waals surface area contributed by atoms with Crippen LogP contribution in [-0.2, 0) is 4.79 Å². The average Bonchev–Trinajstić information content (AvgIpc) is 3.24. The van der Waals surface area contributed by atoms with Gasteiger partial charge in [0, 0.05) is 5.69 Å². The van der Waals surface area contributed by atoms with Gasteiger partial charge in [0.05, 0.1) is 11.8 Å². The fraction of sp³-hybridized carbons (Fsp3) is 0. The number of carbonyl (C=O) groups excluding carboxylic acids is 2. The quantitative estimate of drug-likeness (QED) is 0.554. The number of amides is 2. The molecule has 1 aromatic heterocycles. The van der Waals surface area contributed by atoms with Gasteiger partial charge in [-0.25, -0.2) is 9.18 Å². The molecular formula is C21H15FN2O5. The van der Waals surface area contributed by atoms with Crippen LogP contribution in [-0.4, -0.2) is 22.9 Å². The number of aromatic carboxylic acids is 1. The molecule has 0 radical (unpaired) electrons. The van der Waals surface area contributed by atoms with E-state index in [0.717, 1.165) is 0 Å². The number of nitrogens with one attached hydrogen (secondary N) is 2. The predicted octanol–water partition coefficient (Wildman–Crippen LogP) is 3.53. The highest BCUT2D eigenvalue weighted by Crippen LogP contribution is 2.14. The van der Waals surface area contributed by atoms with Gasteiger partial charge in [-0.15, -0.1) is 0 Å². The smallest absolute Gasteiger partial charge is 0.335 e. The van der Waals surface area contributed by atoms with E-state index < -0.39 is 23.6 Å². The molecule has 0 aliphatic rings. The van der Waals surface area contributed by atoms with Crippen LogP contribution in [0.25, 0.3) is 6.08 Å². The number of benzene rings is 2. The molecule has 7 nitrogen and oxygen atoms in total. The molecule has 3 rings (SSSR count). The minimum Gasteiger partial charge on any atom is -0.478 e. The lowest BCUT2D eigenvalue weighted by atomic mass is 10.1. The third kappa shape index (κ3) is 5.16. The molecule has 0 bridgehead atoms. The first kappa shape index (κ1) is 19.6. The lowest BCUT2D eigenvalue weighted by Crippen LogP contribution is -2.30. The first-order chi connectivity index (χ1) is 13.9. The molecular weight excluding hydrogens is 379 g/mol. The number of carboxylic acid groups (broad SMARTS) is 1. The van der Waals surface area contributed by atoms with Crippen molar-refractivity contribution in [3.8, 4) is 0 Å². The van der Waals surface area contributed by atoms with E-state index in [1.165, 1.54) is 73.0 Å². The Labute approximate surface area is 164 Å². The number of carbonyl (C=O) groups is 3. The highest BCUT2D eigenvalue weighted by molar-refractivity contribution is 6.10. The summed E-state index contributed by atoms with van der Waals surface area (Å²) in [5, 5.41) is 14.0. The first-order valence-electron chi connectivity index (χ1n) is 8.39. The van der Waals surface area contributed by atoms with Crippen molar-refractivity contribution in [2.45, 2.75) is 0 Å². The van der Waals surface area contributed by atoms with Crippen molar-refractivity contribution in [2.24, 2.45) is 0 Å². The second-order valence-electron chi connectivity index (χ2n) is 5.88. The highest BCUT2D eigenvalue weighted by Gasteiger charge is 2.17. The summed E-state index contributed by atoms with van der Waals surface area (Å²) in [4.78, 5) is 36.1. The van der Waals surface area contributed by atoms with E-state index in [0.29, 0.717) is 5.56 Å². The molecule has 146 valence electrons. The fourth-order valence-electron chi connectivity index (χ4n) is 2.40. The Balaban J connectivity index is 1.88. The van der Waals surface area contributed by atoms with Crippen LogP contribution in [0.2, 0.25) is 0 Å². The summed E-state index contributed by atoms with van der Waals surface area (Å²) in [5.41, 5.74) is 0.549. The van der Waals surface area contributed by atoms with Crippen molar-refractivity contribution in [3.63, 3.8) is 0 Å². The molecule has 0 aliphatic carbocycles. The number of hydrogen-bond donors (Lipinski definition) is 3. The van der Waals surface area contributed by atoms with Crippen LogP contribution in [0.15, 0.2) is 77.0 Å². The van der Waals surface area contributed by atoms with Crippen molar-refractivity contribution < 1.29 is 28.3 Å². The summed E-state index contributed by atoms with van der Waals surface area (Å²) in [6.45, 7) is 0. The van der Waals surface area contributed by atoms with Crippen LogP contribution in [0.1, 0.15) is 26.5 Å². The summed E-state index contributed by atoms with van der Waals surface area (Å²) < 4.78 is 18.2. The van der Waals surface area contributed by atoms with E-state index >= 15 is 0 Å². The molecule has 0 fully saturated rings. The summed E-state index contributed by atoms with van der Waals surface area (Å²) in [6, 6.07) is 13.9. The van der Waals surface area contributed by atoms with Crippen molar-refractivity contribution in [1.82, 2.24) is 5.32 Å². The lowest BCUT2D eigenvalue weighted by molar-refractivity contribution is -0.113. The number of anilines is 1. The van der Waals surface area contributed by atoms with Crippen LogP contribution in [0, 0.1) is 5.82 Å². The summed E-state index contributed by atoms with van der Waals surface area (Å²) in [6.07, 6.45) is 2.67. The largest absolute Gasteiger partial charge is 0.478 e. The summed E-state index contributed by atoms with van der Waals surface area (Å²) in [7, 11) is 0. The number of hydrogen-bond acceptors (Lipinski definition) is 4. The molecule has 0 spiro atoms. The molecule has 3 aromatic rings. The van der Waals surface area contributed by atoms with E-state index in [9.17, 15) is 18.8 Å². The minimum absolute atomic E-state index is 0.00400. The van der Waals surface area contributed by atoms with E-state index in [1.54, 1.807) is 0 Å². The van der Waals surface area contributed by atoms with Gasteiger partial charge >= 0.3 is 5.97 Å². The molecule has 1 heterocycles. The second-order valence-corrected chi connectivity index (χ2v) is 5.88. The first-order valence-corrected chi connectivity index (χ1v) is 8.39. The Kier molecular flexibility index (Phi) is 5.84. The molecule has 0 saturated heterocycles. The number of furan rings is 1. The fourth-order valence-corrected chi connectivity index (χ4v) is 2.40. The number of halogens is 1. The van der Waals surface area contributed by atoms with E-state index in [4.69, 9.17) is 9.52 Å². The maximum atomic E-state index is 13.1. The van der Waals surface area contributed by atoms with Crippen LogP contribution in [0.3, 0.4) is 0 Å². The molecule has 2 amide bonds. The van der Waals surface area contributed by atoms with E-state index in [2.05, 4.69) is 10.6 Å². The summed E-state index contributed by atoms with van der Waals surface area (Å²) in [5.74, 6) is -2.95. The number of rotatable bonds is 6. The maximum absolute atomic E-state index is 13.1. The van der Waals surface area contributed by atoms with E-state index in [1.807, 2.05) is 0 Å². The highest BCUT2D eigenvalue weighted by atomic mass is 19.1. The normalized spacial score (nSPS) is 11.0. The molecule has 29 heavy (non-hydrogen) atoms. The zero-order chi connectivity index (χ0) is 20.8. The Morgan fingerprint density at radius 1 is 1.00 bits per heavy atom. The Morgan fingerprint density at radius 3 is 2.41 bits per heavy atom. The molecule has 0 saturated carbocycles. The Bertz CT molecular complexity index is 1070. The van der Waals surface area contributed by atoms with Gasteiger partial charge in [0.2, 0.25) is 0 Å². The zero-order valence-electron chi connectivity index (χ0n) is 14.9. The Hall–Kier alpha value is -4.20. The van der Waals surface area contributed by atoms with Crippen molar-refractivity contribution in [1.29, 1.82) is 0 Å². The van der Waals surface area contributed by atoms with Gasteiger partial charge in [0.15, 0.2) is 5.76 Å². The third-order valence-corrected chi connectivity index (χ3v) is 3.79. The summed E-state index contributed by atoms with van der Waals surface area (Å²) >= 11 is 0. The minimum atomic E-state index is -1.14. The van der Waals surface area contributed by atoms with Crippen LogP contribution in [0.5, 0.6) is 0 Å². The molecule has 2 aromatic carbocycles. The van der Waals surface area contributed by atoms with Gasteiger partial charge in [-0.1, -0.05) is 18.2 Å².